The molecule has 0 heterocycles. The third kappa shape index (κ3) is 6.50. The van der Waals surface area contributed by atoms with E-state index in [2.05, 4.69) is 5.32 Å². The van der Waals surface area contributed by atoms with Gasteiger partial charge in [-0.3, -0.25) is 0 Å². The molecule has 0 fully saturated rings. The van der Waals surface area contributed by atoms with Gasteiger partial charge in [0.15, 0.2) is 0 Å². The van der Waals surface area contributed by atoms with Crippen LogP contribution in [0, 0.1) is 0 Å². The molecule has 2 aromatic carbocycles. The van der Waals surface area contributed by atoms with Crippen LogP contribution in [-0.4, -0.2) is 23.4 Å². The first-order chi connectivity index (χ1) is 12.4. The molecule has 0 radical (unpaired) electrons. The number of rotatable bonds is 9. The van der Waals surface area contributed by atoms with Crippen molar-refractivity contribution in [3.63, 3.8) is 0 Å². The predicted octanol–water partition coefficient (Wildman–Crippen LogP) is 4.27. The summed E-state index contributed by atoms with van der Waals surface area (Å²) in [5, 5.41) is 11.6. The first kappa shape index (κ1) is 19.9. The molecule has 0 saturated heterocycles. The number of hydrogen-bond acceptors (Lipinski definition) is 3. The van der Waals surface area contributed by atoms with Crippen molar-refractivity contribution in [2.24, 2.45) is 5.73 Å². The third-order valence-corrected chi connectivity index (χ3v) is 4.43. The summed E-state index contributed by atoms with van der Waals surface area (Å²) in [6.07, 6.45) is 0.503. The van der Waals surface area contributed by atoms with Crippen LogP contribution in [0.2, 0.25) is 0 Å². The molecule has 2 unspecified atom stereocenters. The van der Waals surface area contributed by atoms with Crippen molar-refractivity contribution < 1.29 is 14.6 Å². The third-order valence-electron chi connectivity index (χ3n) is 4.43. The zero-order chi connectivity index (χ0) is 19.0. The van der Waals surface area contributed by atoms with Crippen molar-refractivity contribution >= 4 is 6.09 Å². The summed E-state index contributed by atoms with van der Waals surface area (Å²) >= 11 is 0. The van der Waals surface area contributed by atoms with Gasteiger partial charge >= 0.3 is 6.09 Å². The van der Waals surface area contributed by atoms with Crippen LogP contribution in [0.15, 0.2) is 60.7 Å². The minimum absolute atomic E-state index is 0.0406. The summed E-state index contributed by atoms with van der Waals surface area (Å²) in [6, 6.07) is 19.0. The number of hydrogen-bond donors (Lipinski definition) is 3. The number of nitrogens with one attached hydrogen (secondary N) is 1. The van der Waals surface area contributed by atoms with Crippen molar-refractivity contribution in [3.05, 3.63) is 71.8 Å². The van der Waals surface area contributed by atoms with Gasteiger partial charge in [-0.05, 0) is 37.8 Å². The highest BCUT2D eigenvalue weighted by molar-refractivity contribution is 5.65. The van der Waals surface area contributed by atoms with Gasteiger partial charge in [0.25, 0.3) is 0 Å². The minimum Gasteiger partial charge on any atom is -0.465 e. The number of benzene rings is 2. The maximum atomic E-state index is 11.1. The van der Waals surface area contributed by atoms with E-state index >= 15 is 0 Å². The molecule has 0 aliphatic rings. The van der Waals surface area contributed by atoms with E-state index in [1.54, 1.807) is 0 Å². The van der Waals surface area contributed by atoms with Gasteiger partial charge < -0.3 is 20.9 Å². The quantitative estimate of drug-likeness (QED) is 0.626. The summed E-state index contributed by atoms with van der Waals surface area (Å²) in [5.74, 6) is 0. The molecule has 0 saturated carbocycles. The van der Waals surface area contributed by atoms with Crippen LogP contribution in [0.4, 0.5) is 4.79 Å². The van der Waals surface area contributed by atoms with Gasteiger partial charge in [0.1, 0.15) is 0 Å². The lowest BCUT2D eigenvalue weighted by atomic mass is 9.95. The van der Waals surface area contributed by atoms with Crippen molar-refractivity contribution in [2.75, 3.05) is 6.61 Å². The van der Waals surface area contributed by atoms with Gasteiger partial charge in [0, 0.05) is 6.04 Å². The van der Waals surface area contributed by atoms with Crippen LogP contribution < -0.4 is 11.1 Å². The second kappa shape index (κ2) is 9.36. The molecule has 0 spiro atoms. The maximum absolute atomic E-state index is 11.1. The highest BCUT2D eigenvalue weighted by Gasteiger charge is 2.23. The molecule has 0 aromatic heterocycles. The molecule has 1 amide bonds. The van der Waals surface area contributed by atoms with Crippen LogP contribution in [0.1, 0.15) is 49.9 Å². The average Bonchev–Trinajstić information content (AvgIpc) is 2.64. The van der Waals surface area contributed by atoms with E-state index in [1.165, 1.54) is 0 Å². The molecule has 4 N–H and O–H groups in total. The normalized spacial score (nSPS) is 13.8. The summed E-state index contributed by atoms with van der Waals surface area (Å²) in [5.41, 5.74) is 7.86. The highest BCUT2D eigenvalue weighted by atomic mass is 16.5. The number of nitrogens with two attached hydrogens (primary N) is 1. The Bertz CT molecular complexity index is 674. The summed E-state index contributed by atoms with van der Waals surface area (Å²) < 4.78 is 6.05. The highest BCUT2D eigenvalue weighted by Crippen LogP contribution is 2.25. The second-order valence-corrected chi connectivity index (χ2v) is 7.04. The van der Waals surface area contributed by atoms with Crippen LogP contribution >= 0.6 is 0 Å². The van der Waals surface area contributed by atoms with Crippen molar-refractivity contribution in [2.45, 2.75) is 44.4 Å². The number of amides is 1. The zero-order valence-corrected chi connectivity index (χ0v) is 15.4. The Morgan fingerprint density at radius 3 is 2.15 bits per heavy atom. The van der Waals surface area contributed by atoms with E-state index in [4.69, 9.17) is 15.6 Å². The Kier molecular flexibility index (Phi) is 7.18. The van der Waals surface area contributed by atoms with Crippen molar-refractivity contribution in [3.8, 4) is 0 Å². The van der Waals surface area contributed by atoms with E-state index in [9.17, 15) is 4.79 Å². The van der Waals surface area contributed by atoms with E-state index in [-0.39, 0.29) is 12.6 Å². The smallest absolute Gasteiger partial charge is 0.405 e. The van der Waals surface area contributed by atoms with E-state index < -0.39 is 17.7 Å². The summed E-state index contributed by atoms with van der Waals surface area (Å²) in [7, 11) is 0. The molecule has 0 bridgehead atoms. The maximum Gasteiger partial charge on any atom is 0.405 e. The molecule has 140 valence electrons. The minimum atomic E-state index is -1.06. The van der Waals surface area contributed by atoms with Gasteiger partial charge in [0.2, 0.25) is 0 Å². The monoisotopic (exact) mass is 356 g/mol. The number of carboxylic acid groups (broad SMARTS) is 1. The van der Waals surface area contributed by atoms with Gasteiger partial charge in [0.05, 0.1) is 18.2 Å². The van der Waals surface area contributed by atoms with Gasteiger partial charge in [-0.2, -0.15) is 0 Å². The first-order valence-electron chi connectivity index (χ1n) is 8.86. The number of ether oxygens (including phenoxy) is 1. The summed E-state index contributed by atoms with van der Waals surface area (Å²) in [6.45, 7) is 4.28. The first-order valence-corrected chi connectivity index (χ1v) is 8.86. The SMILES string of the molecule is CC(C)(CCC(N)c1ccccc1)OCC(NC(=O)O)c1ccccc1. The topological polar surface area (TPSA) is 84.6 Å². The molecule has 5 nitrogen and oxygen atoms in total. The molecule has 26 heavy (non-hydrogen) atoms. The van der Waals surface area contributed by atoms with Crippen LogP contribution in [0.25, 0.3) is 0 Å². The lowest BCUT2D eigenvalue weighted by molar-refractivity contribution is -0.0355. The van der Waals surface area contributed by atoms with Crippen molar-refractivity contribution in [1.29, 1.82) is 0 Å². The molecule has 2 atom stereocenters. The average molecular weight is 356 g/mol. The fraction of sp³-hybridized carbons (Fsp3) is 0.381. The largest absolute Gasteiger partial charge is 0.465 e. The van der Waals surface area contributed by atoms with Gasteiger partial charge in [-0.25, -0.2) is 4.79 Å². The predicted molar refractivity (Wildman–Crippen MR) is 103 cm³/mol. The van der Waals surface area contributed by atoms with Gasteiger partial charge in [-0.1, -0.05) is 60.7 Å². The molecule has 0 aliphatic carbocycles. The van der Waals surface area contributed by atoms with E-state index in [1.807, 2.05) is 74.5 Å². The standard InChI is InChI=1S/C21H28N2O3/c1-21(2,14-13-18(22)16-9-5-3-6-10-16)26-15-19(23-20(24)25)17-11-7-4-8-12-17/h3-12,18-19,23H,13-15,22H2,1-2H3,(H,24,25). The Morgan fingerprint density at radius 2 is 1.62 bits per heavy atom. The molecular weight excluding hydrogens is 328 g/mol. The van der Waals surface area contributed by atoms with Crippen LogP contribution in [0.5, 0.6) is 0 Å². The Balaban J connectivity index is 1.91. The van der Waals surface area contributed by atoms with Gasteiger partial charge in [-0.15, -0.1) is 0 Å². The molecule has 0 aliphatic heterocycles. The van der Waals surface area contributed by atoms with Crippen LogP contribution in [-0.2, 0) is 4.74 Å². The fourth-order valence-electron chi connectivity index (χ4n) is 2.81. The molecule has 2 rings (SSSR count). The zero-order valence-electron chi connectivity index (χ0n) is 15.4. The molecule has 2 aromatic rings. The number of carbonyl (C=O) groups is 1. The lowest BCUT2D eigenvalue weighted by Gasteiger charge is -2.29. The van der Waals surface area contributed by atoms with Crippen LogP contribution in [0.3, 0.4) is 0 Å². The second-order valence-electron chi connectivity index (χ2n) is 7.04. The Labute approximate surface area is 155 Å². The van der Waals surface area contributed by atoms with E-state index in [0.717, 1.165) is 24.0 Å². The van der Waals surface area contributed by atoms with E-state index in [0.29, 0.717) is 0 Å². The Hall–Kier alpha value is -2.37. The summed E-state index contributed by atoms with van der Waals surface area (Å²) in [4.78, 5) is 11.1. The lowest BCUT2D eigenvalue weighted by Crippen LogP contribution is -2.34. The Morgan fingerprint density at radius 1 is 1.08 bits per heavy atom. The van der Waals surface area contributed by atoms with Crippen molar-refractivity contribution in [1.82, 2.24) is 5.32 Å². The fourth-order valence-corrected chi connectivity index (χ4v) is 2.81. The molecule has 5 heteroatoms. The molecular formula is C21H28N2O3.